The Labute approximate surface area is 199 Å². The number of hydrogen-bond acceptors (Lipinski definition) is 5. The van der Waals surface area contributed by atoms with Crippen LogP contribution in [0.5, 0.6) is 11.5 Å². The van der Waals surface area contributed by atoms with Crippen LogP contribution in [-0.2, 0) is 6.42 Å². The zero-order chi connectivity index (χ0) is 24.3. The summed E-state index contributed by atoms with van der Waals surface area (Å²) in [7, 11) is 3.16. The Morgan fingerprint density at radius 3 is 2.41 bits per heavy atom. The van der Waals surface area contributed by atoms with Gasteiger partial charge in [-0.15, -0.1) is 0 Å². The minimum absolute atomic E-state index is 0.128. The van der Waals surface area contributed by atoms with Crippen molar-refractivity contribution in [2.45, 2.75) is 25.8 Å². The van der Waals surface area contributed by atoms with Crippen molar-refractivity contribution in [3.63, 3.8) is 0 Å². The summed E-state index contributed by atoms with van der Waals surface area (Å²) >= 11 is 0. The number of rotatable bonds is 6. The molecule has 0 spiro atoms. The largest absolute Gasteiger partial charge is 0.497 e. The van der Waals surface area contributed by atoms with Gasteiger partial charge in [-0.1, -0.05) is 18.2 Å². The predicted octanol–water partition coefficient (Wildman–Crippen LogP) is 5.10. The van der Waals surface area contributed by atoms with E-state index >= 15 is 0 Å². The van der Waals surface area contributed by atoms with Gasteiger partial charge in [0.05, 0.1) is 19.8 Å². The van der Waals surface area contributed by atoms with Gasteiger partial charge in [-0.05, 0) is 74.4 Å². The number of hydrogen-bond donors (Lipinski definition) is 2. The van der Waals surface area contributed by atoms with E-state index in [9.17, 15) is 9.59 Å². The number of nitrogens with one attached hydrogen (secondary N) is 2. The highest BCUT2D eigenvalue weighted by molar-refractivity contribution is 6.09. The highest BCUT2D eigenvalue weighted by Crippen LogP contribution is 2.32. The molecule has 174 valence electrons. The van der Waals surface area contributed by atoms with Gasteiger partial charge in [0, 0.05) is 34.1 Å². The van der Waals surface area contributed by atoms with E-state index in [1.165, 1.54) is 7.11 Å². The number of methoxy groups -OCH3 is 2. The molecular weight excluding hydrogens is 428 g/mol. The molecule has 4 rings (SSSR count). The van der Waals surface area contributed by atoms with E-state index in [1.54, 1.807) is 61.7 Å². The maximum Gasteiger partial charge on any atom is 0.259 e. The van der Waals surface area contributed by atoms with Crippen LogP contribution in [0.15, 0.2) is 72.8 Å². The first kappa shape index (κ1) is 23.1. The molecular formula is C28H28N2O4. The van der Waals surface area contributed by atoms with E-state index in [0.29, 0.717) is 22.6 Å². The molecule has 3 aromatic carbocycles. The summed E-state index contributed by atoms with van der Waals surface area (Å²) in [4.78, 5) is 25.7. The Bertz CT molecular complexity index is 1260. The standard InChI is InChI=1S/C28H28N2O4/c1-28(2)17-19-11-14-21(33-3)15-23(19)24(30-28)16-25(31)18-9-12-20(13-10-18)29-27(32)22-7-5-6-8-26(22)34-4/h5-16,30H,17H2,1-4H3,(H,29,32). The van der Waals surface area contributed by atoms with Gasteiger partial charge in [0.2, 0.25) is 0 Å². The molecule has 0 aliphatic carbocycles. The molecule has 1 aliphatic heterocycles. The molecule has 2 N–H and O–H groups in total. The van der Waals surface area contributed by atoms with Gasteiger partial charge in [0.25, 0.3) is 5.91 Å². The molecule has 34 heavy (non-hydrogen) atoms. The van der Waals surface area contributed by atoms with Crippen LogP contribution in [0.4, 0.5) is 5.69 Å². The summed E-state index contributed by atoms with van der Waals surface area (Å²) in [6.07, 6.45) is 2.47. The summed E-state index contributed by atoms with van der Waals surface area (Å²) in [5, 5.41) is 6.33. The molecule has 0 atom stereocenters. The fraction of sp³-hybridized carbons (Fsp3) is 0.214. The molecule has 6 heteroatoms. The van der Waals surface area contributed by atoms with Gasteiger partial charge in [0.1, 0.15) is 11.5 Å². The van der Waals surface area contributed by atoms with Gasteiger partial charge in [0.15, 0.2) is 5.78 Å². The molecule has 0 saturated carbocycles. The number of fused-ring (bicyclic) bond motifs is 1. The highest BCUT2D eigenvalue weighted by Gasteiger charge is 2.28. The molecule has 0 fully saturated rings. The molecule has 1 aliphatic rings. The van der Waals surface area contributed by atoms with E-state index in [2.05, 4.69) is 24.5 Å². The molecule has 1 amide bonds. The van der Waals surface area contributed by atoms with Gasteiger partial charge < -0.3 is 20.1 Å². The minimum atomic E-state index is -0.280. The van der Waals surface area contributed by atoms with E-state index in [4.69, 9.17) is 9.47 Å². The van der Waals surface area contributed by atoms with Gasteiger partial charge in [-0.25, -0.2) is 0 Å². The maximum absolute atomic E-state index is 13.1. The lowest BCUT2D eigenvalue weighted by molar-refractivity contribution is 0.102. The lowest BCUT2D eigenvalue weighted by Crippen LogP contribution is -2.43. The normalized spacial score (nSPS) is 15.1. The second-order valence-electron chi connectivity index (χ2n) is 8.86. The van der Waals surface area contributed by atoms with Crippen LogP contribution in [0.2, 0.25) is 0 Å². The van der Waals surface area contributed by atoms with Crippen LogP contribution in [0, 0.1) is 0 Å². The van der Waals surface area contributed by atoms with Crippen LogP contribution >= 0.6 is 0 Å². The second kappa shape index (κ2) is 9.43. The fourth-order valence-corrected chi connectivity index (χ4v) is 4.12. The highest BCUT2D eigenvalue weighted by atomic mass is 16.5. The third-order valence-corrected chi connectivity index (χ3v) is 5.77. The van der Waals surface area contributed by atoms with Crippen molar-refractivity contribution in [2.24, 2.45) is 0 Å². The molecule has 1 heterocycles. The van der Waals surface area contributed by atoms with E-state index in [0.717, 1.165) is 29.0 Å². The van der Waals surface area contributed by atoms with Crippen molar-refractivity contribution in [2.75, 3.05) is 19.5 Å². The first-order valence-electron chi connectivity index (χ1n) is 11.1. The number of ether oxygens (including phenoxy) is 2. The van der Waals surface area contributed by atoms with Crippen molar-refractivity contribution >= 4 is 23.1 Å². The summed E-state index contributed by atoms with van der Waals surface area (Å²) in [6.45, 7) is 4.22. The van der Waals surface area contributed by atoms with E-state index in [-0.39, 0.29) is 17.2 Å². The Balaban J connectivity index is 1.55. The zero-order valence-electron chi connectivity index (χ0n) is 19.8. The number of allylic oxidation sites excluding steroid dienone is 1. The quantitative estimate of drug-likeness (QED) is 0.398. The molecule has 0 bridgehead atoms. The van der Waals surface area contributed by atoms with Crippen molar-refractivity contribution in [1.82, 2.24) is 5.32 Å². The number of anilines is 1. The smallest absolute Gasteiger partial charge is 0.259 e. The van der Waals surface area contributed by atoms with Crippen LogP contribution in [0.3, 0.4) is 0 Å². The maximum atomic E-state index is 13.1. The monoisotopic (exact) mass is 456 g/mol. The topological polar surface area (TPSA) is 76.7 Å². The molecule has 0 radical (unpaired) electrons. The van der Waals surface area contributed by atoms with E-state index < -0.39 is 0 Å². The number of ketones is 1. The Kier molecular flexibility index (Phi) is 6.41. The average Bonchev–Trinajstić information content (AvgIpc) is 2.83. The lowest BCUT2D eigenvalue weighted by Gasteiger charge is -2.35. The number of para-hydroxylation sites is 1. The third kappa shape index (κ3) is 4.96. The Morgan fingerprint density at radius 1 is 0.971 bits per heavy atom. The predicted molar refractivity (Wildman–Crippen MR) is 134 cm³/mol. The van der Waals surface area contributed by atoms with Gasteiger partial charge in [-0.3, -0.25) is 9.59 Å². The van der Waals surface area contributed by atoms with Crippen molar-refractivity contribution in [3.05, 3.63) is 95.1 Å². The molecule has 0 aromatic heterocycles. The van der Waals surface area contributed by atoms with Crippen molar-refractivity contribution < 1.29 is 19.1 Å². The summed E-state index contributed by atoms with van der Waals surface area (Å²) in [6, 6.07) is 19.8. The van der Waals surface area contributed by atoms with Crippen LogP contribution in [0.1, 0.15) is 45.7 Å². The number of carbonyl (C=O) groups is 2. The Morgan fingerprint density at radius 2 is 1.71 bits per heavy atom. The number of amides is 1. The van der Waals surface area contributed by atoms with Crippen LogP contribution in [0.25, 0.3) is 5.70 Å². The third-order valence-electron chi connectivity index (χ3n) is 5.77. The van der Waals surface area contributed by atoms with E-state index in [1.807, 2.05) is 18.2 Å². The number of benzene rings is 3. The summed E-state index contributed by atoms with van der Waals surface area (Å²) in [5.41, 5.74) is 4.27. The first-order valence-corrected chi connectivity index (χ1v) is 11.1. The van der Waals surface area contributed by atoms with Crippen LogP contribution < -0.4 is 20.1 Å². The van der Waals surface area contributed by atoms with Crippen molar-refractivity contribution in [3.8, 4) is 11.5 Å². The first-order chi connectivity index (χ1) is 16.3. The van der Waals surface area contributed by atoms with Gasteiger partial charge >= 0.3 is 0 Å². The molecule has 3 aromatic rings. The fourth-order valence-electron chi connectivity index (χ4n) is 4.12. The number of carbonyl (C=O) groups excluding carboxylic acids is 2. The van der Waals surface area contributed by atoms with Gasteiger partial charge in [-0.2, -0.15) is 0 Å². The van der Waals surface area contributed by atoms with Crippen LogP contribution in [-0.4, -0.2) is 31.4 Å². The minimum Gasteiger partial charge on any atom is -0.497 e. The van der Waals surface area contributed by atoms with Crippen molar-refractivity contribution in [1.29, 1.82) is 0 Å². The molecule has 6 nitrogen and oxygen atoms in total. The molecule has 0 saturated heterocycles. The summed E-state index contributed by atoms with van der Waals surface area (Å²) in [5.74, 6) is 0.835. The lowest BCUT2D eigenvalue weighted by atomic mass is 9.85. The zero-order valence-corrected chi connectivity index (χ0v) is 19.8. The Hall–Kier alpha value is -4.06. The molecule has 0 unspecified atom stereocenters. The second-order valence-corrected chi connectivity index (χ2v) is 8.86. The summed E-state index contributed by atoms with van der Waals surface area (Å²) < 4.78 is 10.6. The SMILES string of the molecule is COc1ccc2c(c1)C(=CC(=O)c1ccc(NC(=O)c3ccccc3OC)cc1)NC(C)(C)C2. The average molecular weight is 457 g/mol.